The lowest BCUT2D eigenvalue weighted by molar-refractivity contribution is -0.120. The third-order valence-corrected chi connectivity index (χ3v) is 7.49. The van der Waals surface area contributed by atoms with Crippen LogP contribution in [0.4, 0.5) is 5.69 Å². The molecule has 0 aliphatic carbocycles. The molecule has 0 unspecified atom stereocenters. The molecule has 1 heterocycles. The van der Waals surface area contributed by atoms with Crippen LogP contribution in [0.15, 0.2) is 53.0 Å². The summed E-state index contributed by atoms with van der Waals surface area (Å²) in [7, 11) is -3.38. The number of benzene rings is 2. The number of rotatable bonds is 6. The molecular weight excluding hydrogens is 440 g/mol. The van der Waals surface area contributed by atoms with Crippen molar-refractivity contribution in [2.24, 2.45) is 5.92 Å². The van der Waals surface area contributed by atoms with Crippen LogP contribution in [0, 0.1) is 5.92 Å². The van der Waals surface area contributed by atoms with Gasteiger partial charge in [0.15, 0.2) is 0 Å². The molecule has 0 spiro atoms. The number of hydrogen-bond donors (Lipinski definition) is 1. The van der Waals surface area contributed by atoms with E-state index in [1.54, 1.807) is 0 Å². The number of carbonyl (C=O) groups excluding carboxylic acids is 1. The van der Waals surface area contributed by atoms with Crippen molar-refractivity contribution in [3.8, 4) is 0 Å². The minimum atomic E-state index is -3.38. The third kappa shape index (κ3) is 5.43. The van der Waals surface area contributed by atoms with Gasteiger partial charge >= 0.3 is 0 Å². The van der Waals surface area contributed by atoms with Crippen LogP contribution in [-0.4, -0.2) is 31.7 Å². The van der Waals surface area contributed by atoms with Crippen molar-refractivity contribution < 1.29 is 13.2 Å². The molecule has 0 aromatic heterocycles. The summed E-state index contributed by atoms with van der Waals surface area (Å²) in [6.45, 7) is 2.85. The van der Waals surface area contributed by atoms with Gasteiger partial charge < -0.3 is 5.32 Å². The number of nitrogens with zero attached hydrogens (tertiary/aromatic N) is 1. The molecule has 1 amide bonds. The molecule has 3 rings (SSSR count). The van der Waals surface area contributed by atoms with Gasteiger partial charge in [0, 0.05) is 29.2 Å². The Morgan fingerprint density at radius 3 is 2.18 bits per heavy atom. The van der Waals surface area contributed by atoms with Gasteiger partial charge in [0.05, 0.1) is 5.75 Å². The van der Waals surface area contributed by atoms with Crippen LogP contribution in [-0.2, 0) is 27.0 Å². The number of anilines is 1. The van der Waals surface area contributed by atoms with Crippen molar-refractivity contribution in [3.63, 3.8) is 0 Å². The van der Waals surface area contributed by atoms with Gasteiger partial charge in [-0.05, 0) is 54.7 Å². The second-order valence-electron chi connectivity index (χ2n) is 7.10. The second-order valence-corrected chi connectivity index (χ2v) is 9.98. The fraction of sp³-hybridized carbons (Fsp3) is 0.381. The first-order chi connectivity index (χ1) is 13.4. The van der Waals surface area contributed by atoms with Crippen molar-refractivity contribution in [2.75, 3.05) is 18.4 Å². The van der Waals surface area contributed by atoms with E-state index in [1.807, 2.05) is 48.5 Å². The number of halogens is 1. The smallest absolute Gasteiger partial charge is 0.227 e. The first-order valence-electron chi connectivity index (χ1n) is 9.49. The van der Waals surface area contributed by atoms with E-state index in [4.69, 9.17) is 0 Å². The molecule has 1 aliphatic heterocycles. The molecule has 0 bridgehead atoms. The maximum Gasteiger partial charge on any atom is 0.227 e. The van der Waals surface area contributed by atoms with E-state index in [1.165, 1.54) is 9.87 Å². The fourth-order valence-electron chi connectivity index (χ4n) is 3.35. The predicted molar refractivity (Wildman–Crippen MR) is 116 cm³/mol. The lowest BCUT2D eigenvalue weighted by Crippen LogP contribution is -2.41. The molecule has 1 N–H and O–H groups in total. The maximum absolute atomic E-state index is 12.7. The Morgan fingerprint density at radius 2 is 1.61 bits per heavy atom. The molecule has 2 aromatic rings. The predicted octanol–water partition coefficient (Wildman–Crippen LogP) is 4.19. The standard InChI is InChI=1S/C21H25BrN2O3S/c1-2-16-5-9-20(10-6-16)23-21(25)18-11-13-24(14-12-18)28(26,27)15-17-3-7-19(22)8-4-17/h3-10,18H,2,11-15H2,1H3,(H,23,25). The van der Waals surface area contributed by atoms with E-state index in [-0.39, 0.29) is 17.6 Å². The lowest BCUT2D eigenvalue weighted by Gasteiger charge is -2.30. The highest BCUT2D eigenvalue weighted by molar-refractivity contribution is 9.10. The van der Waals surface area contributed by atoms with E-state index >= 15 is 0 Å². The molecule has 0 atom stereocenters. The van der Waals surface area contributed by atoms with Crippen LogP contribution >= 0.6 is 15.9 Å². The number of aryl methyl sites for hydroxylation is 1. The Labute approximate surface area is 175 Å². The van der Waals surface area contributed by atoms with E-state index in [0.29, 0.717) is 25.9 Å². The molecule has 0 saturated carbocycles. The molecule has 5 nitrogen and oxygen atoms in total. The Kier molecular flexibility index (Phi) is 6.91. The van der Waals surface area contributed by atoms with Crippen molar-refractivity contribution in [3.05, 3.63) is 64.1 Å². The summed E-state index contributed by atoms with van der Waals surface area (Å²) in [4.78, 5) is 12.5. The first kappa shape index (κ1) is 21.0. The van der Waals surface area contributed by atoms with Crippen molar-refractivity contribution >= 4 is 37.5 Å². The molecule has 1 aliphatic rings. The van der Waals surface area contributed by atoms with Crippen LogP contribution in [0.3, 0.4) is 0 Å². The fourth-order valence-corrected chi connectivity index (χ4v) is 5.17. The molecular formula is C21H25BrN2O3S. The highest BCUT2D eigenvalue weighted by atomic mass is 79.9. The van der Waals surface area contributed by atoms with Gasteiger partial charge in [-0.15, -0.1) is 0 Å². The average molecular weight is 465 g/mol. The lowest BCUT2D eigenvalue weighted by atomic mass is 9.97. The van der Waals surface area contributed by atoms with Gasteiger partial charge in [-0.3, -0.25) is 4.79 Å². The van der Waals surface area contributed by atoms with Gasteiger partial charge in [0.1, 0.15) is 0 Å². The molecule has 0 radical (unpaired) electrons. The Hall–Kier alpha value is -1.70. The Morgan fingerprint density at radius 1 is 1.04 bits per heavy atom. The summed E-state index contributed by atoms with van der Waals surface area (Å²) in [5.41, 5.74) is 2.77. The number of nitrogens with one attached hydrogen (secondary N) is 1. The van der Waals surface area contributed by atoms with Crippen molar-refractivity contribution in [1.29, 1.82) is 0 Å². The maximum atomic E-state index is 12.7. The number of amides is 1. The van der Waals surface area contributed by atoms with Gasteiger partial charge in [-0.2, -0.15) is 0 Å². The SMILES string of the molecule is CCc1ccc(NC(=O)C2CCN(S(=O)(=O)Cc3ccc(Br)cc3)CC2)cc1. The minimum Gasteiger partial charge on any atom is -0.326 e. The van der Waals surface area contributed by atoms with Crippen LogP contribution < -0.4 is 5.32 Å². The molecule has 1 saturated heterocycles. The molecule has 7 heteroatoms. The molecule has 28 heavy (non-hydrogen) atoms. The minimum absolute atomic E-state index is 0.0130. The summed E-state index contributed by atoms with van der Waals surface area (Å²) >= 11 is 3.35. The van der Waals surface area contributed by atoms with Crippen LogP contribution in [0.2, 0.25) is 0 Å². The quantitative estimate of drug-likeness (QED) is 0.696. The van der Waals surface area contributed by atoms with E-state index in [0.717, 1.165) is 22.1 Å². The molecule has 1 fully saturated rings. The van der Waals surface area contributed by atoms with Crippen molar-refractivity contribution in [1.82, 2.24) is 4.31 Å². The number of sulfonamides is 1. The number of piperidine rings is 1. The summed E-state index contributed by atoms with van der Waals surface area (Å²) < 4.78 is 27.8. The second kappa shape index (κ2) is 9.20. The zero-order chi connectivity index (χ0) is 20.1. The van der Waals surface area contributed by atoms with Gasteiger partial charge in [0.25, 0.3) is 0 Å². The highest BCUT2D eigenvalue weighted by Gasteiger charge is 2.31. The Bertz CT molecular complexity index is 904. The number of hydrogen-bond acceptors (Lipinski definition) is 3. The van der Waals surface area contributed by atoms with Crippen LogP contribution in [0.25, 0.3) is 0 Å². The topological polar surface area (TPSA) is 66.5 Å². The normalized spacial score (nSPS) is 16.1. The first-order valence-corrected chi connectivity index (χ1v) is 11.9. The highest BCUT2D eigenvalue weighted by Crippen LogP contribution is 2.23. The van der Waals surface area contributed by atoms with Crippen LogP contribution in [0.5, 0.6) is 0 Å². The molecule has 150 valence electrons. The third-order valence-electron chi connectivity index (χ3n) is 5.11. The zero-order valence-corrected chi connectivity index (χ0v) is 18.3. The van der Waals surface area contributed by atoms with Crippen molar-refractivity contribution in [2.45, 2.75) is 31.9 Å². The average Bonchev–Trinajstić information content (AvgIpc) is 2.70. The summed E-state index contributed by atoms with van der Waals surface area (Å²) in [6.07, 6.45) is 2.04. The Balaban J connectivity index is 1.54. The van der Waals surface area contributed by atoms with Gasteiger partial charge in [-0.25, -0.2) is 12.7 Å². The summed E-state index contributed by atoms with van der Waals surface area (Å²) in [5.74, 6) is -0.208. The molecule has 2 aromatic carbocycles. The monoisotopic (exact) mass is 464 g/mol. The largest absolute Gasteiger partial charge is 0.326 e. The van der Waals surface area contributed by atoms with Gasteiger partial charge in [0.2, 0.25) is 15.9 Å². The van der Waals surface area contributed by atoms with E-state index in [9.17, 15) is 13.2 Å². The summed E-state index contributed by atoms with van der Waals surface area (Å²) in [6, 6.07) is 15.1. The van der Waals surface area contributed by atoms with Gasteiger partial charge in [-0.1, -0.05) is 47.1 Å². The number of carbonyl (C=O) groups is 1. The van der Waals surface area contributed by atoms with Crippen LogP contribution in [0.1, 0.15) is 30.9 Å². The van der Waals surface area contributed by atoms with E-state index < -0.39 is 10.0 Å². The zero-order valence-electron chi connectivity index (χ0n) is 15.9. The summed E-state index contributed by atoms with van der Waals surface area (Å²) in [5, 5.41) is 2.95. The van der Waals surface area contributed by atoms with E-state index in [2.05, 4.69) is 28.2 Å².